The molecule has 0 bridgehead atoms. The summed E-state index contributed by atoms with van der Waals surface area (Å²) in [4.78, 5) is 14.3. The van der Waals surface area contributed by atoms with E-state index in [2.05, 4.69) is 34.3 Å². The number of nitrogens with zero attached hydrogens (tertiary/aromatic N) is 3. The number of aromatic nitrogens is 2. The summed E-state index contributed by atoms with van der Waals surface area (Å²) in [6.45, 7) is 2.65. The topological polar surface area (TPSA) is 38.1 Å². The van der Waals surface area contributed by atoms with Crippen LogP contribution in [0.5, 0.6) is 0 Å². The molecular formula is C18H17N3O. The Balaban J connectivity index is 1.65. The zero-order valence-electron chi connectivity index (χ0n) is 12.3. The first-order chi connectivity index (χ1) is 10.8. The van der Waals surface area contributed by atoms with Crippen LogP contribution >= 0.6 is 0 Å². The van der Waals surface area contributed by atoms with Crippen molar-refractivity contribution in [1.29, 1.82) is 0 Å². The molecule has 0 unspecified atom stereocenters. The van der Waals surface area contributed by atoms with Crippen molar-refractivity contribution in [2.45, 2.75) is 19.6 Å². The van der Waals surface area contributed by atoms with E-state index in [4.69, 9.17) is 0 Å². The smallest absolute Gasteiger partial charge is 0.207 e. The molecule has 0 saturated heterocycles. The molecule has 0 spiro atoms. The summed E-state index contributed by atoms with van der Waals surface area (Å²) in [5, 5.41) is 5.05. The number of para-hydroxylation sites is 1. The molecule has 0 atom stereocenters. The number of benzene rings is 2. The van der Waals surface area contributed by atoms with Crippen LogP contribution < -0.4 is 5.43 Å². The summed E-state index contributed by atoms with van der Waals surface area (Å²) < 4.78 is 1.92. The minimum absolute atomic E-state index is 0.0177. The molecule has 4 nitrogen and oxygen atoms in total. The van der Waals surface area contributed by atoms with Crippen molar-refractivity contribution in [3.8, 4) is 0 Å². The third kappa shape index (κ3) is 2.31. The fourth-order valence-corrected chi connectivity index (χ4v) is 3.14. The van der Waals surface area contributed by atoms with E-state index in [9.17, 15) is 4.79 Å². The minimum Gasteiger partial charge on any atom is -0.287 e. The van der Waals surface area contributed by atoms with Gasteiger partial charge in [-0.3, -0.25) is 14.4 Å². The van der Waals surface area contributed by atoms with Gasteiger partial charge in [0.05, 0.1) is 18.4 Å². The average Bonchev–Trinajstić information content (AvgIpc) is 2.58. The first-order valence-corrected chi connectivity index (χ1v) is 7.55. The Labute approximate surface area is 128 Å². The van der Waals surface area contributed by atoms with E-state index >= 15 is 0 Å². The largest absolute Gasteiger partial charge is 0.287 e. The van der Waals surface area contributed by atoms with Crippen LogP contribution in [-0.2, 0) is 19.6 Å². The van der Waals surface area contributed by atoms with E-state index in [1.165, 1.54) is 17.3 Å². The van der Waals surface area contributed by atoms with Crippen LogP contribution in [0.1, 0.15) is 11.1 Å². The lowest BCUT2D eigenvalue weighted by molar-refractivity contribution is 0.192. The highest BCUT2D eigenvalue weighted by Gasteiger charge is 2.16. The van der Waals surface area contributed by atoms with Crippen LogP contribution in [0.2, 0.25) is 0 Å². The van der Waals surface area contributed by atoms with Crippen molar-refractivity contribution in [1.82, 2.24) is 14.7 Å². The summed E-state index contributed by atoms with van der Waals surface area (Å²) in [5.74, 6) is 0. The monoisotopic (exact) mass is 291 g/mol. The van der Waals surface area contributed by atoms with Crippen molar-refractivity contribution in [2.24, 2.45) is 0 Å². The maximum absolute atomic E-state index is 11.9. The molecule has 1 aliphatic rings. The van der Waals surface area contributed by atoms with E-state index in [1.807, 2.05) is 28.9 Å². The van der Waals surface area contributed by atoms with Gasteiger partial charge in [0, 0.05) is 18.5 Å². The molecule has 0 saturated carbocycles. The lowest BCUT2D eigenvalue weighted by Gasteiger charge is -2.29. The fraction of sp³-hybridized carbons (Fsp3) is 0.222. The third-order valence-corrected chi connectivity index (χ3v) is 4.31. The molecule has 0 N–H and O–H groups in total. The molecule has 4 heteroatoms. The van der Waals surface area contributed by atoms with Crippen molar-refractivity contribution in [2.75, 3.05) is 6.54 Å². The molecule has 4 rings (SSSR count). The van der Waals surface area contributed by atoms with Gasteiger partial charge in [-0.05, 0) is 29.7 Å². The lowest BCUT2D eigenvalue weighted by Crippen LogP contribution is -2.33. The van der Waals surface area contributed by atoms with Crippen molar-refractivity contribution in [3.63, 3.8) is 0 Å². The third-order valence-electron chi connectivity index (χ3n) is 4.31. The number of hydrogen-bond donors (Lipinski definition) is 0. The molecular weight excluding hydrogens is 274 g/mol. The molecule has 3 aromatic rings. The average molecular weight is 291 g/mol. The molecule has 0 fully saturated rings. The number of hydrogen-bond acceptors (Lipinski definition) is 3. The number of fused-ring (bicyclic) bond motifs is 2. The van der Waals surface area contributed by atoms with E-state index < -0.39 is 0 Å². The molecule has 2 aromatic carbocycles. The molecule has 22 heavy (non-hydrogen) atoms. The van der Waals surface area contributed by atoms with Crippen molar-refractivity contribution < 1.29 is 0 Å². The van der Waals surface area contributed by atoms with Crippen LogP contribution in [0.15, 0.2) is 59.5 Å². The Morgan fingerprint density at radius 1 is 1.00 bits per heavy atom. The maximum Gasteiger partial charge on any atom is 0.207 e. The first-order valence-electron chi connectivity index (χ1n) is 7.55. The summed E-state index contributed by atoms with van der Waals surface area (Å²) >= 11 is 0. The molecule has 0 amide bonds. The summed E-state index contributed by atoms with van der Waals surface area (Å²) in [5.41, 5.74) is 3.71. The van der Waals surface area contributed by atoms with E-state index in [1.54, 1.807) is 0 Å². The Hall–Kier alpha value is -2.46. The molecule has 0 aliphatic carbocycles. The number of rotatable bonds is 2. The Morgan fingerprint density at radius 2 is 1.77 bits per heavy atom. The van der Waals surface area contributed by atoms with Gasteiger partial charge in [0.25, 0.3) is 0 Å². The highest BCUT2D eigenvalue weighted by atomic mass is 16.1. The van der Waals surface area contributed by atoms with Crippen molar-refractivity contribution in [3.05, 3.63) is 76.1 Å². The van der Waals surface area contributed by atoms with Gasteiger partial charge in [-0.2, -0.15) is 5.10 Å². The summed E-state index contributed by atoms with van der Waals surface area (Å²) in [7, 11) is 0. The standard InChI is InChI=1S/C18H17N3O/c22-18-11-19-21(17-8-4-3-7-16(17)18)13-20-10-9-14-5-1-2-6-15(14)12-20/h1-8,11H,9-10,12-13H2. The maximum atomic E-state index is 11.9. The molecule has 1 aliphatic heterocycles. The second-order valence-electron chi connectivity index (χ2n) is 5.74. The van der Waals surface area contributed by atoms with Gasteiger partial charge >= 0.3 is 0 Å². The first kappa shape index (κ1) is 13.2. The van der Waals surface area contributed by atoms with E-state index in [-0.39, 0.29) is 5.43 Å². The molecule has 1 aromatic heterocycles. The van der Waals surface area contributed by atoms with Crippen LogP contribution in [-0.4, -0.2) is 21.2 Å². The van der Waals surface area contributed by atoms with Gasteiger partial charge in [0.15, 0.2) is 0 Å². The summed E-state index contributed by atoms with van der Waals surface area (Å²) in [6.07, 6.45) is 2.48. The molecule has 2 heterocycles. The summed E-state index contributed by atoms with van der Waals surface area (Å²) in [6, 6.07) is 16.3. The zero-order valence-corrected chi connectivity index (χ0v) is 12.3. The zero-order chi connectivity index (χ0) is 14.9. The van der Waals surface area contributed by atoms with Gasteiger partial charge in [-0.15, -0.1) is 0 Å². The molecule has 110 valence electrons. The van der Waals surface area contributed by atoms with Gasteiger partial charge in [0.1, 0.15) is 0 Å². The second-order valence-corrected chi connectivity index (χ2v) is 5.74. The van der Waals surface area contributed by atoms with Crippen LogP contribution in [0.25, 0.3) is 10.9 Å². The Morgan fingerprint density at radius 3 is 2.68 bits per heavy atom. The van der Waals surface area contributed by atoms with Crippen LogP contribution in [0, 0.1) is 0 Å². The second kappa shape index (κ2) is 5.39. The highest BCUT2D eigenvalue weighted by Crippen LogP contribution is 2.19. The van der Waals surface area contributed by atoms with Gasteiger partial charge in [-0.25, -0.2) is 0 Å². The SMILES string of the molecule is O=c1cnn(CN2CCc3ccccc3C2)c2ccccc12. The molecule has 0 radical (unpaired) electrons. The Bertz CT molecular complexity index is 885. The van der Waals surface area contributed by atoms with Crippen LogP contribution in [0.4, 0.5) is 0 Å². The van der Waals surface area contributed by atoms with Crippen LogP contribution in [0.3, 0.4) is 0 Å². The van der Waals surface area contributed by atoms with Gasteiger partial charge < -0.3 is 0 Å². The lowest BCUT2D eigenvalue weighted by atomic mass is 10.0. The van der Waals surface area contributed by atoms with E-state index in [0.717, 1.165) is 30.4 Å². The quantitative estimate of drug-likeness (QED) is 0.728. The van der Waals surface area contributed by atoms with Gasteiger partial charge in [-0.1, -0.05) is 36.4 Å². The Kier molecular flexibility index (Phi) is 3.24. The fourth-order valence-electron chi connectivity index (χ4n) is 3.14. The van der Waals surface area contributed by atoms with Gasteiger partial charge in [0.2, 0.25) is 5.43 Å². The minimum atomic E-state index is -0.0177. The predicted octanol–water partition coefficient (Wildman–Crippen LogP) is 2.41. The normalized spacial score (nSPS) is 14.9. The predicted molar refractivity (Wildman–Crippen MR) is 86.6 cm³/mol. The van der Waals surface area contributed by atoms with Crippen molar-refractivity contribution >= 4 is 10.9 Å². The van der Waals surface area contributed by atoms with E-state index in [0.29, 0.717) is 6.67 Å². The highest BCUT2D eigenvalue weighted by molar-refractivity contribution is 5.77.